The second-order valence-corrected chi connectivity index (χ2v) is 21.8. The maximum atomic E-state index is 6.60. The minimum absolute atomic E-state index is 0.0177. The standard InChI is InChI=1S/C13H32NO5Si2.C9H23NO3Si.2C3H7O.Al/c1-10(2)9-20(15,16-11(3)4)19-21(14,17-12(5)6)18-13(7)8;1-7(2)11-14(10,12-8(3)4)13-9(5)6;2*1-3(2)4;/h10-13H,9,14H2,1-8H3;7-9H,10H2,1-6H3;2*3H,1-2H3;/q-1;;2*-1;+3/t20-;;;;/m0..../s1. The second-order valence-electron chi connectivity index (χ2n) is 13.4. The lowest BCUT2D eigenvalue weighted by molar-refractivity contribution is 0.00244. The summed E-state index contributed by atoms with van der Waals surface area (Å²) >= 11 is -2.59. The first-order valence-corrected chi connectivity index (χ1v) is 23.1. The Balaban J connectivity index is 0. The Hall–Kier alpha value is 0.703. The van der Waals surface area contributed by atoms with Gasteiger partial charge in [-0.15, -0.1) is 0 Å². The lowest BCUT2D eigenvalue weighted by Crippen LogP contribution is -2.67. The van der Waals surface area contributed by atoms with E-state index in [4.69, 9.17) is 52.5 Å². The van der Waals surface area contributed by atoms with Gasteiger partial charge < -0.3 is 41.7 Å². The fourth-order valence-electron chi connectivity index (χ4n) is 3.77. The predicted molar refractivity (Wildman–Crippen MR) is 183 cm³/mol. The van der Waals surface area contributed by atoms with Crippen LogP contribution in [0.2, 0.25) is 6.04 Å². The van der Waals surface area contributed by atoms with E-state index in [1.807, 2.05) is 111 Å². The van der Waals surface area contributed by atoms with Crippen LogP contribution in [0.15, 0.2) is 0 Å². The molecule has 0 saturated heterocycles. The normalized spacial score (nSPS) is 14.7. The van der Waals surface area contributed by atoms with Crippen molar-refractivity contribution in [2.45, 2.75) is 180 Å². The van der Waals surface area contributed by atoms with Gasteiger partial charge >= 0.3 is 41.9 Å². The zero-order valence-electron chi connectivity index (χ0n) is 31.2. The number of hydrogen-bond donors (Lipinski definition) is 2. The molecule has 0 rings (SSSR count). The monoisotopic (exact) mass is 704 g/mol. The molecule has 0 aliphatic heterocycles. The molecule has 0 spiro atoms. The van der Waals surface area contributed by atoms with Gasteiger partial charge in [0.25, 0.3) is 0 Å². The lowest BCUT2D eigenvalue weighted by Gasteiger charge is -2.40. The smallest absolute Gasteiger partial charge is 0.457 e. The van der Waals surface area contributed by atoms with Crippen LogP contribution in [0.25, 0.3) is 0 Å². The maximum Gasteiger partial charge on any atom is 0.897 e. The summed E-state index contributed by atoms with van der Waals surface area (Å²) in [6.07, 6.45) is -0.529. The summed E-state index contributed by atoms with van der Waals surface area (Å²) in [7, 11) is -9.90. The molecule has 0 aromatic heterocycles. The first kappa shape index (κ1) is 46.8. The Bertz CT molecular complexity index is 679. The van der Waals surface area contributed by atoms with E-state index in [9.17, 15) is 0 Å². The quantitative estimate of drug-likeness (QED) is 0.132. The number of nitrogens with two attached hydrogens (primary N) is 2. The van der Waals surface area contributed by atoms with E-state index >= 15 is 0 Å². The van der Waals surface area contributed by atoms with Crippen molar-refractivity contribution in [2.75, 3.05) is 0 Å². The molecule has 266 valence electrons. The Morgan fingerprint density at radius 2 is 0.727 bits per heavy atom. The highest BCUT2D eigenvalue weighted by Crippen LogP contribution is 2.29. The van der Waals surface area contributed by atoms with E-state index in [-0.39, 0.29) is 54.7 Å². The summed E-state index contributed by atoms with van der Waals surface area (Å²) in [6, 6.07) is 0.548. The summed E-state index contributed by atoms with van der Waals surface area (Å²) in [5.74, 6) is 0.236. The van der Waals surface area contributed by atoms with Gasteiger partial charge in [-0.05, 0) is 117 Å². The zero-order chi connectivity index (χ0) is 35.1. The van der Waals surface area contributed by atoms with Gasteiger partial charge in [0.05, 0.1) is 0 Å². The first-order chi connectivity index (χ1) is 19.8. The van der Waals surface area contributed by atoms with Crippen molar-refractivity contribution >= 4 is 41.9 Å². The van der Waals surface area contributed by atoms with Crippen LogP contribution in [0, 0.1) is 5.92 Å². The fraction of sp³-hybridized carbons (Fsp3) is 1.00. The summed E-state index contributed by atoms with van der Waals surface area (Å²) in [5.41, 5.74) is 0. The fourth-order valence-corrected chi connectivity index (χ4v) is 15.5. The van der Waals surface area contributed by atoms with E-state index < -0.39 is 41.9 Å². The van der Waals surface area contributed by atoms with Gasteiger partial charge in [-0.2, -0.15) is 0 Å². The molecular formula is C28H69AlN2O10Si3. The van der Waals surface area contributed by atoms with Crippen LogP contribution in [0.1, 0.15) is 125 Å². The molecule has 0 amide bonds. The third kappa shape index (κ3) is 24.8. The Morgan fingerprint density at radius 3 is 0.977 bits per heavy atom. The third-order valence-corrected chi connectivity index (χ3v) is 16.7. The van der Waals surface area contributed by atoms with Gasteiger partial charge in [0, 0.05) is 54.9 Å². The average Bonchev–Trinajstić information content (AvgIpc) is 2.67. The Morgan fingerprint density at radius 1 is 0.432 bits per heavy atom. The van der Waals surface area contributed by atoms with Crippen LogP contribution >= 0.6 is 0 Å². The highest BCUT2D eigenvalue weighted by Gasteiger charge is 2.57. The van der Waals surface area contributed by atoms with Crippen molar-refractivity contribution in [3.05, 3.63) is 0 Å². The molecule has 0 unspecified atom stereocenters. The molecule has 0 radical (unpaired) electrons. The molecule has 0 saturated carbocycles. The maximum absolute atomic E-state index is 6.60. The van der Waals surface area contributed by atoms with Crippen LogP contribution < -0.4 is 10.8 Å². The van der Waals surface area contributed by atoms with Gasteiger partial charge in [-0.3, -0.25) is 10.8 Å². The third-order valence-electron chi connectivity index (χ3n) is 4.41. The van der Waals surface area contributed by atoms with E-state index in [2.05, 4.69) is 13.8 Å². The van der Waals surface area contributed by atoms with E-state index in [1.54, 1.807) is 0 Å². The Labute approximate surface area is 279 Å². The van der Waals surface area contributed by atoms with Crippen LogP contribution in [-0.4, -0.2) is 90.7 Å². The van der Waals surface area contributed by atoms with Crippen molar-refractivity contribution in [1.29, 1.82) is 0 Å². The molecule has 44 heavy (non-hydrogen) atoms. The van der Waals surface area contributed by atoms with Gasteiger partial charge in [-0.25, -0.2) is 0 Å². The molecule has 0 heterocycles. The highest BCUT2D eigenvalue weighted by molar-refractivity contribution is 6.76. The zero-order valence-corrected chi connectivity index (χ0v) is 35.4. The minimum atomic E-state index is -3.57. The topological polar surface area (TPSA) is 144 Å². The van der Waals surface area contributed by atoms with Crippen molar-refractivity contribution in [1.82, 2.24) is 0 Å². The Kier molecular flexibility index (Phi) is 23.8. The van der Waals surface area contributed by atoms with Crippen LogP contribution in [0.3, 0.4) is 0 Å². The second kappa shape index (κ2) is 22.4. The van der Waals surface area contributed by atoms with Gasteiger partial charge in [0.2, 0.25) is 0 Å². The molecule has 0 bridgehead atoms. The van der Waals surface area contributed by atoms with Crippen LogP contribution in [0.4, 0.5) is 0 Å². The molecule has 1 atom stereocenters. The summed E-state index contributed by atoms with van der Waals surface area (Å²) in [4.78, 5) is 0. The van der Waals surface area contributed by atoms with Gasteiger partial charge in [0.1, 0.15) is 0 Å². The van der Waals surface area contributed by atoms with Gasteiger partial charge in [0.15, 0.2) is 0 Å². The van der Waals surface area contributed by atoms with Crippen LogP contribution in [-0.2, 0) is 41.7 Å². The molecule has 0 aliphatic rings. The first-order valence-electron chi connectivity index (χ1n) is 16.2. The van der Waals surface area contributed by atoms with Crippen molar-refractivity contribution in [2.24, 2.45) is 16.7 Å². The molecule has 16 heteroatoms. The van der Waals surface area contributed by atoms with Crippen molar-refractivity contribution in [3.63, 3.8) is 0 Å². The molecular weight excluding hydrogens is 636 g/mol. The molecule has 0 fully saturated rings. The van der Waals surface area contributed by atoms with Crippen molar-refractivity contribution in [3.8, 4) is 0 Å². The van der Waals surface area contributed by atoms with Crippen molar-refractivity contribution < 1.29 is 41.7 Å². The van der Waals surface area contributed by atoms with Gasteiger partial charge in [-0.1, -0.05) is 13.8 Å². The van der Waals surface area contributed by atoms with E-state index in [1.165, 1.54) is 0 Å². The molecule has 0 aromatic carbocycles. The SMILES string of the molecule is CC(C)C[Si@@](OC(C)C)([O][Al]([O]C(C)C)[O]C(C)C)O[Si](N)(OC(C)C)OC(C)C.CC(C)O[Si](N)(OC(C)C)OC(C)C. The number of rotatable bonds is 22. The molecule has 12 nitrogen and oxygen atoms in total. The average molecular weight is 705 g/mol. The molecule has 0 aromatic rings. The molecule has 0 aliphatic carbocycles. The largest absolute Gasteiger partial charge is 0.897 e. The summed E-state index contributed by atoms with van der Waals surface area (Å²) in [6.45, 7) is 35.0. The highest BCUT2D eigenvalue weighted by atomic mass is 28.5. The van der Waals surface area contributed by atoms with E-state index in [0.29, 0.717) is 6.04 Å². The summed E-state index contributed by atoms with van der Waals surface area (Å²) < 4.78 is 60.0. The predicted octanol–water partition coefficient (Wildman–Crippen LogP) is 5.77. The lowest BCUT2D eigenvalue weighted by atomic mass is 10.3. The minimum Gasteiger partial charge on any atom is -0.457 e. The van der Waals surface area contributed by atoms with E-state index in [0.717, 1.165) is 0 Å². The van der Waals surface area contributed by atoms with Crippen LogP contribution in [0.5, 0.6) is 0 Å². The molecule has 4 N–H and O–H groups in total. The summed E-state index contributed by atoms with van der Waals surface area (Å²) in [5, 5.41) is 12.6. The number of hydrogen-bond acceptors (Lipinski definition) is 12.